The lowest BCUT2D eigenvalue weighted by Crippen LogP contribution is -2.28. The summed E-state index contributed by atoms with van der Waals surface area (Å²) < 4.78 is 0. The molecule has 1 N–H and O–H groups in total. The minimum Gasteiger partial charge on any atom is -0.312 e. The Morgan fingerprint density at radius 1 is 1.38 bits per heavy atom. The highest BCUT2D eigenvalue weighted by Crippen LogP contribution is 2.27. The third kappa shape index (κ3) is 3.03. The zero-order valence-electron chi connectivity index (χ0n) is 10.8. The lowest BCUT2D eigenvalue weighted by atomic mass is 10.1. The quantitative estimate of drug-likeness (QED) is 0.939. The number of halogens is 1. The van der Waals surface area contributed by atoms with Crippen LogP contribution in [-0.2, 0) is 9.59 Å². The Morgan fingerprint density at radius 3 is 2.81 bits per heavy atom. The van der Waals surface area contributed by atoms with Gasteiger partial charge in [0.25, 0.3) is 0 Å². The summed E-state index contributed by atoms with van der Waals surface area (Å²) in [5.74, 6) is -0.677. The highest BCUT2D eigenvalue weighted by Gasteiger charge is 2.35. The van der Waals surface area contributed by atoms with E-state index in [0.29, 0.717) is 16.7 Å². The van der Waals surface area contributed by atoms with E-state index in [-0.39, 0.29) is 18.2 Å². The summed E-state index contributed by atoms with van der Waals surface area (Å²) in [5.41, 5.74) is 2.28. The summed E-state index contributed by atoms with van der Waals surface area (Å²) in [6, 6.07) is 6.98. The van der Waals surface area contributed by atoms with E-state index >= 15 is 0 Å². The number of carbonyl (C=O) groups is 2. The van der Waals surface area contributed by atoms with Crippen LogP contribution in [0.15, 0.2) is 29.8 Å². The van der Waals surface area contributed by atoms with E-state index in [1.54, 1.807) is 29.2 Å². The minimum absolute atomic E-state index is 0.0743. The van der Waals surface area contributed by atoms with Crippen LogP contribution in [0.4, 0.5) is 10.8 Å². The third-order valence-electron chi connectivity index (χ3n) is 3.22. The van der Waals surface area contributed by atoms with E-state index < -0.39 is 5.92 Å². The zero-order chi connectivity index (χ0) is 14.8. The molecule has 1 aliphatic rings. The molecule has 1 saturated heterocycles. The molecule has 2 heterocycles. The van der Waals surface area contributed by atoms with Crippen molar-refractivity contribution < 1.29 is 9.59 Å². The fourth-order valence-corrected chi connectivity index (χ4v) is 2.76. The van der Waals surface area contributed by atoms with Gasteiger partial charge in [0.15, 0.2) is 0 Å². The number of benzene rings is 1. The monoisotopic (exact) mass is 322 g/mol. The van der Waals surface area contributed by atoms with Gasteiger partial charge < -0.3 is 10.2 Å². The Bertz CT molecular complexity index is 659. The Labute approximate surface area is 129 Å². The molecule has 6 nitrogen and oxygen atoms in total. The Balaban J connectivity index is 1.69. The average molecular weight is 323 g/mol. The van der Waals surface area contributed by atoms with Crippen molar-refractivity contribution >= 4 is 45.6 Å². The van der Waals surface area contributed by atoms with Crippen LogP contribution in [0.2, 0.25) is 5.02 Å². The molecule has 0 saturated carbocycles. The molecular weight excluding hydrogens is 312 g/mol. The van der Waals surface area contributed by atoms with Gasteiger partial charge in [-0.3, -0.25) is 9.59 Å². The predicted molar refractivity (Wildman–Crippen MR) is 80.5 cm³/mol. The number of hydrogen-bond donors (Lipinski definition) is 1. The number of amides is 2. The second-order valence-electron chi connectivity index (χ2n) is 4.61. The third-order valence-corrected chi connectivity index (χ3v) is 4.08. The molecule has 0 bridgehead atoms. The van der Waals surface area contributed by atoms with Gasteiger partial charge in [0.1, 0.15) is 5.51 Å². The Kier molecular flexibility index (Phi) is 3.85. The van der Waals surface area contributed by atoms with Crippen molar-refractivity contribution in [3.05, 3.63) is 34.8 Å². The molecule has 1 aromatic carbocycles. The molecule has 0 aliphatic carbocycles. The average Bonchev–Trinajstić information content (AvgIpc) is 3.09. The molecule has 1 atom stereocenters. The van der Waals surface area contributed by atoms with Gasteiger partial charge >= 0.3 is 0 Å². The molecule has 21 heavy (non-hydrogen) atoms. The Hall–Kier alpha value is -1.99. The van der Waals surface area contributed by atoms with Crippen LogP contribution in [-0.4, -0.2) is 28.6 Å². The van der Waals surface area contributed by atoms with Crippen LogP contribution in [0.5, 0.6) is 0 Å². The maximum absolute atomic E-state index is 12.1. The molecule has 0 spiro atoms. The van der Waals surface area contributed by atoms with Crippen molar-refractivity contribution in [1.82, 2.24) is 10.2 Å². The van der Waals surface area contributed by atoms with E-state index in [1.807, 2.05) is 0 Å². The van der Waals surface area contributed by atoms with Crippen molar-refractivity contribution in [3.8, 4) is 0 Å². The first-order valence-electron chi connectivity index (χ1n) is 6.26. The second kappa shape index (κ2) is 5.79. The van der Waals surface area contributed by atoms with E-state index in [9.17, 15) is 9.59 Å². The summed E-state index contributed by atoms with van der Waals surface area (Å²) in [5, 5.41) is 11.1. The summed E-state index contributed by atoms with van der Waals surface area (Å²) in [4.78, 5) is 25.8. The van der Waals surface area contributed by atoms with E-state index in [2.05, 4.69) is 15.5 Å². The molecule has 1 aliphatic heterocycles. The molecule has 2 amide bonds. The lowest BCUT2D eigenvalue weighted by Gasteiger charge is -2.16. The maximum Gasteiger partial charge on any atom is 0.231 e. The highest BCUT2D eigenvalue weighted by molar-refractivity contribution is 7.13. The van der Waals surface area contributed by atoms with Gasteiger partial charge in [-0.2, -0.15) is 0 Å². The molecule has 1 aromatic heterocycles. The van der Waals surface area contributed by atoms with Gasteiger partial charge in [-0.1, -0.05) is 22.9 Å². The van der Waals surface area contributed by atoms with Gasteiger partial charge in [-0.25, -0.2) is 0 Å². The standard InChI is InChI=1S/C13H11ClN4O2S/c14-9-1-3-10(4-2-9)18-6-8(5-11(18)19)12(20)16-13-17-15-7-21-13/h1-4,7-8H,5-6H2,(H,16,17,20). The van der Waals surface area contributed by atoms with E-state index in [1.165, 1.54) is 16.8 Å². The van der Waals surface area contributed by atoms with Gasteiger partial charge in [-0.05, 0) is 24.3 Å². The first kappa shape index (κ1) is 14.0. The fourth-order valence-electron chi connectivity index (χ4n) is 2.19. The fraction of sp³-hybridized carbons (Fsp3) is 0.231. The summed E-state index contributed by atoms with van der Waals surface area (Å²) in [6.07, 6.45) is 0.188. The SMILES string of the molecule is O=C(Nc1nncs1)C1CC(=O)N(c2ccc(Cl)cc2)C1. The largest absolute Gasteiger partial charge is 0.312 e. The zero-order valence-corrected chi connectivity index (χ0v) is 12.4. The lowest BCUT2D eigenvalue weighted by molar-refractivity contribution is -0.122. The number of nitrogens with one attached hydrogen (secondary N) is 1. The topological polar surface area (TPSA) is 75.2 Å². The van der Waals surface area contributed by atoms with Crippen LogP contribution < -0.4 is 10.2 Å². The summed E-state index contributed by atoms with van der Waals surface area (Å²) in [6.45, 7) is 0.352. The van der Waals surface area contributed by atoms with Crippen molar-refractivity contribution in [3.63, 3.8) is 0 Å². The first-order chi connectivity index (χ1) is 10.1. The normalized spacial score (nSPS) is 18.0. The summed E-state index contributed by atoms with van der Waals surface area (Å²) >= 11 is 7.08. The molecular formula is C13H11ClN4O2S. The van der Waals surface area contributed by atoms with Crippen LogP contribution in [0.1, 0.15) is 6.42 Å². The predicted octanol–water partition coefficient (Wildman–Crippen LogP) is 2.18. The number of carbonyl (C=O) groups excluding carboxylic acids is 2. The molecule has 2 aromatic rings. The van der Waals surface area contributed by atoms with Gasteiger partial charge in [0.2, 0.25) is 16.9 Å². The maximum atomic E-state index is 12.1. The van der Waals surface area contributed by atoms with Crippen LogP contribution in [0.3, 0.4) is 0 Å². The van der Waals surface area contributed by atoms with Crippen molar-refractivity contribution in [2.45, 2.75) is 6.42 Å². The number of aromatic nitrogens is 2. The number of anilines is 2. The van der Waals surface area contributed by atoms with Gasteiger partial charge in [0.05, 0.1) is 5.92 Å². The van der Waals surface area contributed by atoms with E-state index in [4.69, 9.17) is 11.6 Å². The molecule has 1 unspecified atom stereocenters. The molecule has 3 rings (SSSR count). The van der Waals surface area contributed by atoms with E-state index in [0.717, 1.165) is 5.69 Å². The van der Waals surface area contributed by atoms with Crippen molar-refractivity contribution in [1.29, 1.82) is 0 Å². The smallest absolute Gasteiger partial charge is 0.231 e. The summed E-state index contributed by atoms with van der Waals surface area (Å²) in [7, 11) is 0. The molecule has 108 valence electrons. The van der Waals surface area contributed by atoms with Crippen LogP contribution in [0, 0.1) is 5.92 Å². The molecule has 8 heteroatoms. The number of nitrogens with zero attached hydrogens (tertiary/aromatic N) is 3. The minimum atomic E-state index is -0.392. The molecule has 1 fully saturated rings. The number of hydrogen-bond acceptors (Lipinski definition) is 5. The number of rotatable bonds is 3. The van der Waals surface area contributed by atoms with Gasteiger partial charge in [0, 0.05) is 23.7 Å². The van der Waals surface area contributed by atoms with Gasteiger partial charge in [-0.15, -0.1) is 10.2 Å². The van der Waals surface area contributed by atoms with Crippen LogP contribution in [0.25, 0.3) is 0 Å². The van der Waals surface area contributed by atoms with Crippen LogP contribution >= 0.6 is 22.9 Å². The van der Waals surface area contributed by atoms with Crippen molar-refractivity contribution in [2.75, 3.05) is 16.8 Å². The Morgan fingerprint density at radius 2 is 2.14 bits per heavy atom. The molecule has 0 radical (unpaired) electrons. The first-order valence-corrected chi connectivity index (χ1v) is 7.52. The van der Waals surface area contributed by atoms with Crippen molar-refractivity contribution in [2.24, 2.45) is 5.92 Å². The second-order valence-corrected chi connectivity index (χ2v) is 5.88. The highest BCUT2D eigenvalue weighted by atomic mass is 35.5.